The second-order valence-electron chi connectivity index (χ2n) is 7.02. The van der Waals surface area contributed by atoms with Gasteiger partial charge in [0.25, 0.3) is 6.43 Å². The molecule has 0 saturated carbocycles. The second-order valence-corrected chi connectivity index (χ2v) is 7.93. The van der Waals surface area contributed by atoms with Gasteiger partial charge in [0.05, 0.1) is 11.0 Å². The summed E-state index contributed by atoms with van der Waals surface area (Å²) < 4.78 is 29.8. The minimum absolute atomic E-state index is 0.222. The molecule has 0 fully saturated rings. The van der Waals surface area contributed by atoms with E-state index in [9.17, 15) is 8.78 Å². The molecule has 0 aliphatic heterocycles. The Bertz CT molecular complexity index is 1160. The van der Waals surface area contributed by atoms with Crippen molar-refractivity contribution in [3.63, 3.8) is 0 Å². The van der Waals surface area contributed by atoms with E-state index >= 15 is 0 Å². The van der Waals surface area contributed by atoms with Gasteiger partial charge in [0.15, 0.2) is 5.82 Å². The quantitative estimate of drug-likeness (QED) is 0.360. The van der Waals surface area contributed by atoms with Crippen LogP contribution in [0.4, 0.5) is 8.78 Å². The van der Waals surface area contributed by atoms with Gasteiger partial charge >= 0.3 is 0 Å². The Morgan fingerprint density at radius 1 is 1.00 bits per heavy atom. The largest absolute Gasteiger partial charge is 0.296 e. The molecule has 1 unspecified atom stereocenters. The predicted molar refractivity (Wildman–Crippen MR) is 113 cm³/mol. The Morgan fingerprint density at radius 2 is 1.72 bits per heavy atom. The molecular weight excluding hydrogens is 438 g/mol. The summed E-state index contributed by atoms with van der Waals surface area (Å²) in [6.07, 6.45) is -2.03. The van der Waals surface area contributed by atoms with Gasteiger partial charge in [-0.1, -0.05) is 47.1 Å². The van der Waals surface area contributed by atoms with Crippen molar-refractivity contribution < 1.29 is 8.78 Å². The Morgan fingerprint density at radius 3 is 2.45 bits per heavy atom. The first-order valence-electron chi connectivity index (χ1n) is 9.28. The topological polar surface area (TPSA) is 43.6 Å². The van der Waals surface area contributed by atoms with Crippen LogP contribution in [0, 0.1) is 6.92 Å². The lowest BCUT2D eigenvalue weighted by atomic mass is 9.96. The lowest BCUT2D eigenvalue weighted by Crippen LogP contribution is -2.09. The standard InChI is InChI=1S/C22H19BrF2N4/c1-13(15-7-9-16(23)10-8-15)11-17-12-20(27-14(2)26-17)29-19-6-4-3-5-18(19)28-22(29)21(24)25/h3-10,12-13,21H,11H2,1-2H3. The fourth-order valence-corrected chi connectivity index (χ4v) is 3.75. The van der Waals surface area contributed by atoms with Crippen LogP contribution in [0.3, 0.4) is 0 Å². The fourth-order valence-electron chi connectivity index (χ4n) is 3.49. The monoisotopic (exact) mass is 456 g/mol. The number of benzene rings is 2. The fraction of sp³-hybridized carbons (Fsp3) is 0.227. The van der Waals surface area contributed by atoms with Crippen LogP contribution in [0.25, 0.3) is 16.9 Å². The molecule has 0 aliphatic carbocycles. The number of aryl methyl sites for hydroxylation is 1. The average molecular weight is 457 g/mol. The van der Waals surface area contributed by atoms with Gasteiger partial charge in [0, 0.05) is 16.2 Å². The SMILES string of the molecule is Cc1nc(CC(C)c2ccc(Br)cc2)cc(-n2c(C(F)F)nc3ccccc32)n1. The summed E-state index contributed by atoms with van der Waals surface area (Å²) in [5.41, 5.74) is 3.12. The van der Waals surface area contributed by atoms with Gasteiger partial charge < -0.3 is 0 Å². The number of halogens is 3. The van der Waals surface area contributed by atoms with Crippen molar-refractivity contribution in [1.29, 1.82) is 0 Å². The Labute approximate surface area is 175 Å². The Kier molecular flexibility index (Phi) is 5.41. The number of hydrogen-bond donors (Lipinski definition) is 0. The van der Waals surface area contributed by atoms with Crippen LogP contribution in [0.2, 0.25) is 0 Å². The molecule has 0 N–H and O–H groups in total. The number of alkyl halides is 2. The summed E-state index contributed by atoms with van der Waals surface area (Å²) in [5.74, 6) is 0.869. The molecule has 7 heteroatoms. The third-order valence-electron chi connectivity index (χ3n) is 4.84. The van der Waals surface area contributed by atoms with Gasteiger partial charge in [0.1, 0.15) is 11.6 Å². The maximum absolute atomic E-state index is 13.7. The maximum Gasteiger partial charge on any atom is 0.296 e. The zero-order valence-corrected chi connectivity index (χ0v) is 17.6. The van der Waals surface area contributed by atoms with E-state index < -0.39 is 6.43 Å². The molecule has 2 aromatic carbocycles. The summed E-state index contributed by atoms with van der Waals surface area (Å²) in [7, 11) is 0. The number of hydrogen-bond acceptors (Lipinski definition) is 3. The third-order valence-corrected chi connectivity index (χ3v) is 5.37. The molecule has 148 valence electrons. The number of aromatic nitrogens is 4. The van der Waals surface area contributed by atoms with Crippen LogP contribution in [-0.4, -0.2) is 19.5 Å². The van der Waals surface area contributed by atoms with Crippen LogP contribution >= 0.6 is 15.9 Å². The minimum Gasteiger partial charge on any atom is -0.275 e. The highest BCUT2D eigenvalue weighted by Crippen LogP contribution is 2.28. The predicted octanol–water partition coefficient (Wildman–Crippen LogP) is 6.17. The highest BCUT2D eigenvalue weighted by atomic mass is 79.9. The second kappa shape index (κ2) is 7.99. The van der Waals surface area contributed by atoms with E-state index in [0.29, 0.717) is 29.1 Å². The molecule has 0 aliphatic rings. The normalized spacial score (nSPS) is 12.6. The van der Waals surface area contributed by atoms with Crippen molar-refractivity contribution in [2.24, 2.45) is 0 Å². The Hall–Kier alpha value is -2.67. The van der Waals surface area contributed by atoms with Crippen molar-refractivity contribution in [3.8, 4) is 5.82 Å². The zero-order chi connectivity index (χ0) is 20.5. The van der Waals surface area contributed by atoms with E-state index in [4.69, 9.17) is 0 Å². The molecule has 4 rings (SSSR count). The lowest BCUT2D eigenvalue weighted by Gasteiger charge is -2.14. The number of imidazole rings is 1. The van der Waals surface area contributed by atoms with Crippen molar-refractivity contribution in [2.75, 3.05) is 0 Å². The van der Waals surface area contributed by atoms with E-state index in [2.05, 4.69) is 49.9 Å². The highest BCUT2D eigenvalue weighted by molar-refractivity contribution is 9.10. The number of fused-ring (bicyclic) bond motifs is 1. The summed E-state index contributed by atoms with van der Waals surface area (Å²) in [4.78, 5) is 13.1. The number of rotatable bonds is 5. The van der Waals surface area contributed by atoms with Gasteiger partial charge in [-0.05, 0) is 49.1 Å². The molecule has 29 heavy (non-hydrogen) atoms. The molecule has 2 aromatic heterocycles. The van der Waals surface area contributed by atoms with Gasteiger partial charge in [-0.25, -0.2) is 23.7 Å². The first-order valence-corrected chi connectivity index (χ1v) is 10.1. The van der Waals surface area contributed by atoms with Crippen molar-refractivity contribution >= 4 is 27.0 Å². The van der Waals surface area contributed by atoms with Gasteiger partial charge in [-0.3, -0.25) is 4.57 Å². The smallest absolute Gasteiger partial charge is 0.275 e. The van der Waals surface area contributed by atoms with Crippen LogP contribution in [0.15, 0.2) is 59.1 Å². The van der Waals surface area contributed by atoms with Gasteiger partial charge in [-0.15, -0.1) is 0 Å². The summed E-state index contributed by atoms with van der Waals surface area (Å²) in [5, 5.41) is 0. The first-order chi connectivity index (χ1) is 13.9. The first kappa shape index (κ1) is 19.6. The van der Waals surface area contributed by atoms with E-state index in [1.54, 1.807) is 37.3 Å². The molecule has 0 saturated heterocycles. The summed E-state index contributed by atoms with van der Waals surface area (Å²) in [6.45, 7) is 3.90. The van der Waals surface area contributed by atoms with Crippen molar-refractivity contribution in [2.45, 2.75) is 32.6 Å². The van der Waals surface area contributed by atoms with Gasteiger partial charge in [-0.2, -0.15) is 0 Å². The van der Waals surface area contributed by atoms with Crippen LogP contribution in [-0.2, 0) is 6.42 Å². The summed E-state index contributed by atoms with van der Waals surface area (Å²) >= 11 is 3.45. The summed E-state index contributed by atoms with van der Waals surface area (Å²) in [6, 6.07) is 17.0. The van der Waals surface area contributed by atoms with Gasteiger partial charge in [0.2, 0.25) is 0 Å². The van der Waals surface area contributed by atoms with E-state index in [1.165, 1.54) is 10.1 Å². The molecule has 4 nitrogen and oxygen atoms in total. The van der Waals surface area contributed by atoms with Crippen LogP contribution in [0.1, 0.15) is 42.2 Å². The van der Waals surface area contributed by atoms with E-state index in [0.717, 1.165) is 10.2 Å². The van der Waals surface area contributed by atoms with Crippen LogP contribution < -0.4 is 0 Å². The molecular formula is C22H19BrF2N4. The number of para-hydroxylation sites is 2. The molecule has 0 spiro atoms. The van der Waals surface area contributed by atoms with Crippen molar-refractivity contribution in [3.05, 3.63) is 82.0 Å². The number of nitrogens with zero attached hydrogens (tertiary/aromatic N) is 4. The maximum atomic E-state index is 13.7. The molecule has 2 heterocycles. The van der Waals surface area contributed by atoms with E-state index in [-0.39, 0.29) is 11.7 Å². The minimum atomic E-state index is -2.71. The lowest BCUT2D eigenvalue weighted by molar-refractivity contribution is 0.139. The third kappa shape index (κ3) is 4.05. The molecule has 1 atom stereocenters. The highest BCUT2D eigenvalue weighted by Gasteiger charge is 2.21. The molecule has 0 radical (unpaired) electrons. The van der Waals surface area contributed by atoms with Crippen molar-refractivity contribution in [1.82, 2.24) is 19.5 Å². The van der Waals surface area contributed by atoms with Crippen LogP contribution in [0.5, 0.6) is 0 Å². The molecule has 4 aromatic rings. The zero-order valence-electron chi connectivity index (χ0n) is 16.0. The Balaban J connectivity index is 1.75. The molecule has 0 amide bonds. The van der Waals surface area contributed by atoms with E-state index in [1.807, 2.05) is 12.1 Å². The average Bonchev–Trinajstić information content (AvgIpc) is 3.08. The molecule has 0 bridgehead atoms.